The predicted octanol–water partition coefficient (Wildman–Crippen LogP) is 4.01. The molecule has 0 atom stereocenters. The second kappa shape index (κ2) is 5.49. The second-order valence-electron chi connectivity index (χ2n) is 5.33. The Kier molecular flexibility index (Phi) is 1.81. The Morgan fingerprint density at radius 1 is 1.27 bits per heavy atom. The minimum Gasteiger partial charge on any atom is -0.306 e. The molecule has 0 amide bonds. The Bertz CT molecular complexity index is 1120. The van der Waals surface area contributed by atoms with Crippen molar-refractivity contribution in [2.45, 2.75) is 19.2 Å². The van der Waals surface area contributed by atoms with E-state index in [1.54, 1.807) is 11.4 Å². The molecule has 2 nitrogen and oxygen atoms in total. The van der Waals surface area contributed by atoms with Crippen LogP contribution in [0.1, 0.15) is 51.5 Å². The number of thiophene rings is 1. The Morgan fingerprint density at radius 2 is 2.09 bits per heavy atom. The molecular formula is C19H19NOS. The van der Waals surface area contributed by atoms with Gasteiger partial charge in [0.1, 0.15) is 0 Å². The van der Waals surface area contributed by atoms with Crippen molar-refractivity contribution in [1.82, 2.24) is 4.90 Å². The summed E-state index contributed by atoms with van der Waals surface area (Å²) in [5.74, 6) is -0.834. The van der Waals surface area contributed by atoms with Gasteiger partial charge in [-0.25, -0.2) is 0 Å². The Morgan fingerprint density at radius 3 is 2.91 bits per heavy atom. The predicted molar refractivity (Wildman–Crippen MR) is 91.5 cm³/mol. The molecule has 1 aliphatic carbocycles. The number of likely N-dealkylation sites (tertiary alicyclic amines) is 1. The fourth-order valence-electron chi connectivity index (χ4n) is 2.97. The average molecular weight is 318 g/mol. The molecule has 2 aromatic rings. The Balaban J connectivity index is 2.05. The van der Waals surface area contributed by atoms with Crippen LogP contribution in [0.5, 0.6) is 0 Å². The maximum absolute atomic E-state index is 13.1. The molecule has 2 aliphatic rings. The quantitative estimate of drug-likeness (QED) is 0.731. The van der Waals surface area contributed by atoms with E-state index in [-0.39, 0.29) is 29.1 Å². The van der Waals surface area contributed by atoms with E-state index in [2.05, 4.69) is 0 Å². The molecule has 4 rings (SSSR count). The Labute approximate surface area is 147 Å². The first-order valence-electron chi connectivity index (χ1n) is 11.6. The number of Topliss-reactive ketones (excluding diaryl/α,β-unsaturated/α-hetero) is 1. The van der Waals surface area contributed by atoms with Gasteiger partial charge in [-0.15, -0.1) is 11.3 Å². The van der Waals surface area contributed by atoms with Crippen LogP contribution in [0.2, 0.25) is 0 Å². The number of piperidine rings is 1. The van der Waals surface area contributed by atoms with E-state index in [4.69, 9.17) is 12.3 Å². The molecule has 0 saturated carbocycles. The van der Waals surface area contributed by atoms with Gasteiger partial charge in [-0.05, 0) is 48.0 Å². The first kappa shape index (κ1) is 7.24. The van der Waals surface area contributed by atoms with Crippen LogP contribution >= 0.6 is 11.3 Å². The highest BCUT2D eigenvalue weighted by Gasteiger charge is 2.27. The molecule has 1 aromatic heterocycles. The molecule has 22 heavy (non-hydrogen) atoms. The molecule has 0 unspecified atom stereocenters. The standard InChI is InChI=1S/C19H19NOS/c1-20-9-6-13(7-10-20)18-15-5-3-2-4-14(15)12-17(21)19-16(18)8-11-22-19/h2-5,8,11H,6-7,9-10,12H2,1H3/i1D3,2D,3D,4D,5D,12D2. The fraction of sp³-hybridized carbons (Fsp3) is 0.316. The summed E-state index contributed by atoms with van der Waals surface area (Å²) < 4.78 is 72.9. The molecule has 1 fully saturated rings. The van der Waals surface area contributed by atoms with Crippen molar-refractivity contribution in [2.75, 3.05) is 20.1 Å². The lowest BCUT2D eigenvalue weighted by atomic mass is 9.88. The molecule has 0 bridgehead atoms. The van der Waals surface area contributed by atoms with Gasteiger partial charge in [0.25, 0.3) is 0 Å². The van der Waals surface area contributed by atoms with Crippen LogP contribution in [-0.2, 0) is 6.37 Å². The molecule has 1 aromatic carbocycles. The van der Waals surface area contributed by atoms with Crippen LogP contribution in [0.4, 0.5) is 0 Å². The summed E-state index contributed by atoms with van der Waals surface area (Å²) in [5.41, 5.74) is 1.28. The van der Waals surface area contributed by atoms with Gasteiger partial charge < -0.3 is 4.90 Å². The molecule has 3 heteroatoms. The fourth-order valence-corrected chi connectivity index (χ4v) is 3.77. The lowest BCUT2D eigenvalue weighted by molar-refractivity contribution is 0.0997. The number of rotatable bonds is 0. The topological polar surface area (TPSA) is 20.3 Å². The number of carbonyl (C=O) groups excluding carboxylic acids is 1. The molecule has 112 valence electrons. The maximum Gasteiger partial charge on any atom is 0.177 e. The lowest BCUT2D eigenvalue weighted by Crippen LogP contribution is -2.27. The number of carbonyl (C=O) groups is 1. The van der Waals surface area contributed by atoms with Gasteiger partial charge in [0, 0.05) is 31.9 Å². The van der Waals surface area contributed by atoms with Crippen LogP contribution < -0.4 is 0 Å². The normalized spacial score (nSPS) is 27.6. The highest BCUT2D eigenvalue weighted by Crippen LogP contribution is 2.40. The van der Waals surface area contributed by atoms with E-state index in [0.717, 1.165) is 16.9 Å². The molecule has 2 heterocycles. The van der Waals surface area contributed by atoms with Crippen molar-refractivity contribution >= 4 is 22.7 Å². The molecule has 0 radical (unpaired) electrons. The van der Waals surface area contributed by atoms with Crippen molar-refractivity contribution in [2.24, 2.45) is 0 Å². The van der Waals surface area contributed by atoms with Gasteiger partial charge in [0.15, 0.2) is 5.78 Å². The van der Waals surface area contributed by atoms with Crippen LogP contribution in [0, 0.1) is 0 Å². The van der Waals surface area contributed by atoms with Crippen molar-refractivity contribution in [1.29, 1.82) is 0 Å². The average Bonchev–Trinajstić information content (AvgIpc) is 3.16. The monoisotopic (exact) mass is 318 g/mol. The summed E-state index contributed by atoms with van der Waals surface area (Å²) in [6.07, 6.45) is -1.96. The smallest absolute Gasteiger partial charge is 0.177 e. The summed E-state index contributed by atoms with van der Waals surface area (Å²) in [6.45, 7) is -1.77. The van der Waals surface area contributed by atoms with Gasteiger partial charge in [-0.2, -0.15) is 0 Å². The second-order valence-corrected chi connectivity index (χ2v) is 6.25. The van der Waals surface area contributed by atoms with Gasteiger partial charge >= 0.3 is 0 Å². The van der Waals surface area contributed by atoms with Crippen molar-refractivity contribution in [3.05, 3.63) is 62.8 Å². The third-order valence-corrected chi connectivity index (χ3v) is 4.95. The van der Waals surface area contributed by atoms with Crippen molar-refractivity contribution < 1.29 is 17.1 Å². The highest BCUT2D eigenvalue weighted by molar-refractivity contribution is 7.12. The van der Waals surface area contributed by atoms with E-state index in [1.807, 2.05) is 0 Å². The summed E-state index contributed by atoms with van der Waals surface area (Å²) in [5, 5.41) is 1.66. The number of ketones is 1. The molecule has 0 spiro atoms. The summed E-state index contributed by atoms with van der Waals surface area (Å²) in [6, 6.07) is -0.381. The van der Waals surface area contributed by atoms with E-state index in [1.165, 1.54) is 4.90 Å². The zero-order valence-corrected chi connectivity index (χ0v) is 12.6. The molecular weight excluding hydrogens is 290 g/mol. The van der Waals surface area contributed by atoms with Crippen LogP contribution in [0.25, 0.3) is 5.57 Å². The zero-order valence-electron chi connectivity index (χ0n) is 20.7. The van der Waals surface area contributed by atoms with Crippen molar-refractivity contribution in [3.63, 3.8) is 0 Å². The van der Waals surface area contributed by atoms with E-state index >= 15 is 0 Å². The minimum atomic E-state index is -2.63. The first-order valence-corrected chi connectivity index (χ1v) is 7.96. The largest absolute Gasteiger partial charge is 0.306 e. The molecule has 0 N–H and O–H groups in total. The van der Waals surface area contributed by atoms with Gasteiger partial charge in [0.05, 0.1) is 10.4 Å². The third-order valence-electron chi connectivity index (χ3n) is 4.04. The number of benzene rings is 1. The van der Waals surface area contributed by atoms with E-state index < -0.39 is 43.3 Å². The lowest BCUT2D eigenvalue weighted by Gasteiger charge is -2.27. The van der Waals surface area contributed by atoms with E-state index in [9.17, 15) is 4.79 Å². The van der Waals surface area contributed by atoms with Gasteiger partial charge in [-0.1, -0.05) is 29.7 Å². The number of hydrogen-bond acceptors (Lipinski definition) is 3. The molecule has 1 aliphatic heterocycles. The number of fused-ring (bicyclic) bond motifs is 2. The molecule has 1 saturated heterocycles. The Hall–Kier alpha value is -1.71. The minimum absolute atomic E-state index is 0.00108. The number of hydrogen-bond donors (Lipinski definition) is 0. The summed E-state index contributed by atoms with van der Waals surface area (Å²) in [7, 11) is 0. The van der Waals surface area contributed by atoms with Crippen LogP contribution in [-0.4, -0.2) is 30.7 Å². The van der Waals surface area contributed by atoms with Crippen LogP contribution in [0.3, 0.4) is 0 Å². The van der Waals surface area contributed by atoms with Gasteiger partial charge in [-0.3, -0.25) is 4.79 Å². The zero-order chi connectivity index (χ0) is 22.9. The summed E-state index contributed by atoms with van der Waals surface area (Å²) >= 11 is 1.07. The van der Waals surface area contributed by atoms with Gasteiger partial charge in [0.2, 0.25) is 0 Å². The highest BCUT2D eigenvalue weighted by atomic mass is 32.1. The third kappa shape index (κ3) is 2.25. The van der Waals surface area contributed by atoms with Crippen LogP contribution in [0.15, 0.2) is 41.2 Å². The maximum atomic E-state index is 13.1. The summed E-state index contributed by atoms with van der Waals surface area (Å²) in [4.78, 5) is 14.7. The van der Waals surface area contributed by atoms with E-state index in [0.29, 0.717) is 24.0 Å². The first-order chi connectivity index (χ1) is 14.4. The van der Waals surface area contributed by atoms with Crippen molar-refractivity contribution in [3.8, 4) is 0 Å². The SMILES string of the molecule is [2H]c1c([2H])c([2H])c2c(c1[2H])C(=C1CCN(C([2H])([2H])[2H])CC1)c1ccsc1C(=O)C2([2H])[2H]. The number of nitrogens with zero attached hydrogens (tertiary/aromatic N) is 1.